The van der Waals surface area contributed by atoms with Crippen LogP contribution < -0.4 is 21.1 Å². The molecule has 11 heteroatoms. The largest absolute Gasteiger partial charge is 0.480 e. The van der Waals surface area contributed by atoms with E-state index in [1.54, 1.807) is 48.2 Å². The van der Waals surface area contributed by atoms with E-state index in [2.05, 4.69) is 10.6 Å². The Morgan fingerprint density at radius 2 is 1.71 bits per heavy atom. The van der Waals surface area contributed by atoms with Gasteiger partial charge in [-0.15, -0.1) is 0 Å². The number of aliphatic carboxylic acids is 1. The van der Waals surface area contributed by atoms with Crippen molar-refractivity contribution in [2.24, 2.45) is 5.73 Å². The first-order valence-corrected chi connectivity index (χ1v) is 13.2. The molecule has 3 rings (SSSR count). The standard InChI is InChI=1S/C24H27N3O6S2/c1-34-11-10-18(25)21(28)26-19(23(30)31)12-14-2-6-16(7-3-14)33-17-8-4-15(5-9-17)13-20-22(29)27-24(32)35-20/h2-9,18-20H,10-13,25H2,1H3,(H,26,28)(H,30,31)(H,27,29,32). The van der Waals surface area contributed by atoms with Crippen LogP contribution >= 0.6 is 23.5 Å². The molecule has 1 aliphatic rings. The number of nitrogens with one attached hydrogen (secondary N) is 2. The van der Waals surface area contributed by atoms with Crippen LogP contribution in [0.15, 0.2) is 48.5 Å². The van der Waals surface area contributed by atoms with Gasteiger partial charge >= 0.3 is 5.97 Å². The second kappa shape index (κ2) is 12.6. The number of thioether (sulfide) groups is 2. The van der Waals surface area contributed by atoms with Gasteiger partial charge in [-0.3, -0.25) is 19.7 Å². The number of carboxylic acid groups (broad SMARTS) is 1. The lowest BCUT2D eigenvalue weighted by Crippen LogP contribution is -2.49. The van der Waals surface area contributed by atoms with Gasteiger partial charge in [0.15, 0.2) is 0 Å². The molecule has 3 amide bonds. The fourth-order valence-electron chi connectivity index (χ4n) is 3.36. The second-order valence-corrected chi connectivity index (χ2v) is 10.1. The fourth-order valence-corrected chi connectivity index (χ4v) is 4.70. The van der Waals surface area contributed by atoms with E-state index in [4.69, 9.17) is 10.5 Å². The van der Waals surface area contributed by atoms with Gasteiger partial charge in [0.1, 0.15) is 17.5 Å². The molecule has 1 aliphatic heterocycles. The van der Waals surface area contributed by atoms with Crippen LogP contribution in [0.4, 0.5) is 4.79 Å². The summed E-state index contributed by atoms with van der Waals surface area (Å²) in [5.41, 5.74) is 7.46. The minimum Gasteiger partial charge on any atom is -0.480 e. The summed E-state index contributed by atoms with van der Waals surface area (Å²) in [5, 5.41) is 13.5. The van der Waals surface area contributed by atoms with E-state index in [-0.39, 0.29) is 17.6 Å². The predicted molar refractivity (Wildman–Crippen MR) is 136 cm³/mol. The topological polar surface area (TPSA) is 148 Å². The van der Waals surface area contributed by atoms with Crippen LogP contribution in [0.3, 0.4) is 0 Å². The van der Waals surface area contributed by atoms with Gasteiger partial charge in [-0.1, -0.05) is 36.0 Å². The van der Waals surface area contributed by atoms with E-state index < -0.39 is 29.2 Å². The number of carboxylic acids is 1. The number of imide groups is 1. The predicted octanol–water partition coefficient (Wildman–Crippen LogP) is 2.57. The molecule has 186 valence electrons. The molecule has 1 saturated heterocycles. The summed E-state index contributed by atoms with van der Waals surface area (Å²) >= 11 is 2.56. The van der Waals surface area contributed by atoms with E-state index in [9.17, 15) is 24.3 Å². The number of nitrogens with two attached hydrogens (primary N) is 1. The molecular formula is C24H27N3O6S2. The Kier molecular flexibility index (Phi) is 9.58. The summed E-state index contributed by atoms with van der Waals surface area (Å²) in [7, 11) is 0. The van der Waals surface area contributed by atoms with Crippen molar-refractivity contribution in [2.75, 3.05) is 12.0 Å². The lowest BCUT2D eigenvalue weighted by Gasteiger charge is -2.18. The molecule has 1 heterocycles. The summed E-state index contributed by atoms with van der Waals surface area (Å²) in [6.45, 7) is 0. The van der Waals surface area contributed by atoms with Crippen molar-refractivity contribution >= 4 is 46.5 Å². The monoisotopic (exact) mass is 517 g/mol. The van der Waals surface area contributed by atoms with Crippen LogP contribution in [0.5, 0.6) is 11.5 Å². The van der Waals surface area contributed by atoms with Crippen molar-refractivity contribution in [3.05, 3.63) is 59.7 Å². The SMILES string of the molecule is CSCCC(N)C(=O)NC(Cc1ccc(Oc2ccc(CC3SC(=O)NC3=O)cc2)cc1)C(=O)O. The second-order valence-electron chi connectivity index (χ2n) is 7.97. The quantitative estimate of drug-likeness (QED) is 0.333. The average Bonchev–Trinajstić information content (AvgIpc) is 3.15. The molecule has 0 spiro atoms. The molecule has 35 heavy (non-hydrogen) atoms. The van der Waals surface area contributed by atoms with Crippen molar-refractivity contribution in [3.8, 4) is 11.5 Å². The van der Waals surface area contributed by atoms with E-state index in [1.165, 1.54) is 0 Å². The third-order valence-corrected chi connectivity index (χ3v) is 6.92. The van der Waals surface area contributed by atoms with Gasteiger partial charge < -0.3 is 20.9 Å². The molecule has 3 unspecified atom stereocenters. The minimum absolute atomic E-state index is 0.112. The Morgan fingerprint density at radius 3 is 2.23 bits per heavy atom. The molecule has 2 aromatic carbocycles. The number of carbonyl (C=O) groups excluding carboxylic acids is 3. The zero-order valence-electron chi connectivity index (χ0n) is 19.1. The maximum Gasteiger partial charge on any atom is 0.326 e. The maximum absolute atomic E-state index is 12.2. The van der Waals surface area contributed by atoms with Crippen molar-refractivity contribution < 1.29 is 29.0 Å². The van der Waals surface area contributed by atoms with E-state index in [1.807, 2.05) is 18.4 Å². The number of benzene rings is 2. The first-order chi connectivity index (χ1) is 16.7. The van der Waals surface area contributed by atoms with Crippen LogP contribution in [-0.2, 0) is 27.2 Å². The van der Waals surface area contributed by atoms with Crippen LogP contribution in [0, 0.1) is 0 Å². The third kappa shape index (κ3) is 8.01. The number of rotatable bonds is 12. The minimum atomic E-state index is -1.13. The summed E-state index contributed by atoms with van der Waals surface area (Å²) < 4.78 is 5.84. The lowest BCUT2D eigenvalue weighted by atomic mass is 10.1. The molecule has 3 atom stereocenters. The van der Waals surface area contributed by atoms with Gasteiger partial charge in [-0.05, 0) is 60.2 Å². The van der Waals surface area contributed by atoms with Gasteiger partial charge in [0, 0.05) is 6.42 Å². The Balaban J connectivity index is 1.54. The Hall–Kier alpha value is -3.02. The molecule has 0 saturated carbocycles. The van der Waals surface area contributed by atoms with Crippen LogP contribution in [0.25, 0.3) is 0 Å². The van der Waals surface area contributed by atoms with Gasteiger partial charge in [-0.25, -0.2) is 4.79 Å². The number of amides is 3. The van der Waals surface area contributed by atoms with Crippen LogP contribution in [-0.4, -0.2) is 57.5 Å². The van der Waals surface area contributed by atoms with Crippen molar-refractivity contribution in [3.63, 3.8) is 0 Å². The molecule has 0 aromatic heterocycles. The molecule has 2 aromatic rings. The maximum atomic E-state index is 12.2. The first kappa shape index (κ1) is 26.6. The van der Waals surface area contributed by atoms with E-state index >= 15 is 0 Å². The van der Waals surface area contributed by atoms with Gasteiger partial charge in [0.2, 0.25) is 11.8 Å². The highest BCUT2D eigenvalue weighted by molar-refractivity contribution is 8.15. The molecule has 0 aliphatic carbocycles. The molecular weight excluding hydrogens is 490 g/mol. The smallest absolute Gasteiger partial charge is 0.326 e. The van der Waals surface area contributed by atoms with Crippen molar-refractivity contribution in [2.45, 2.75) is 36.6 Å². The summed E-state index contributed by atoms with van der Waals surface area (Å²) in [4.78, 5) is 46.8. The van der Waals surface area contributed by atoms with Gasteiger partial charge in [-0.2, -0.15) is 11.8 Å². The van der Waals surface area contributed by atoms with E-state index in [0.29, 0.717) is 30.1 Å². The van der Waals surface area contributed by atoms with Gasteiger partial charge in [0.25, 0.3) is 5.24 Å². The number of hydrogen-bond acceptors (Lipinski definition) is 8. The Morgan fingerprint density at radius 1 is 1.11 bits per heavy atom. The number of ether oxygens (including phenoxy) is 1. The molecule has 9 nitrogen and oxygen atoms in total. The van der Waals surface area contributed by atoms with E-state index in [0.717, 1.165) is 22.9 Å². The third-order valence-electron chi connectivity index (χ3n) is 5.29. The van der Waals surface area contributed by atoms with Crippen molar-refractivity contribution in [1.82, 2.24) is 10.6 Å². The van der Waals surface area contributed by atoms with Crippen LogP contribution in [0.1, 0.15) is 17.5 Å². The normalized spacial score (nSPS) is 16.9. The number of hydrogen-bond donors (Lipinski definition) is 4. The van der Waals surface area contributed by atoms with Crippen LogP contribution in [0.2, 0.25) is 0 Å². The molecule has 5 N–H and O–H groups in total. The zero-order valence-corrected chi connectivity index (χ0v) is 20.7. The average molecular weight is 518 g/mol. The zero-order chi connectivity index (χ0) is 25.4. The number of carbonyl (C=O) groups is 4. The Bertz CT molecular complexity index is 1060. The summed E-state index contributed by atoms with van der Waals surface area (Å²) in [6.07, 6.45) is 2.94. The highest BCUT2D eigenvalue weighted by Gasteiger charge is 2.31. The molecule has 0 radical (unpaired) electrons. The highest BCUT2D eigenvalue weighted by atomic mass is 32.2. The summed E-state index contributed by atoms with van der Waals surface area (Å²) in [5.74, 6) is -0.0106. The Labute approximate surface area is 211 Å². The fraction of sp³-hybridized carbons (Fsp3) is 0.333. The highest BCUT2D eigenvalue weighted by Crippen LogP contribution is 2.26. The van der Waals surface area contributed by atoms with Crippen molar-refractivity contribution in [1.29, 1.82) is 0 Å². The lowest BCUT2D eigenvalue weighted by molar-refractivity contribution is -0.142. The first-order valence-electron chi connectivity index (χ1n) is 10.9. The molecule has 0 bridgehead atoms. The summed E-state index contributed by atoms with van der Waals surface area (Å²) in [6, 6.07) is 12.3. The molecule has 1 fully saturated rings. The van der Waals surface area contributed by atoms with Gasteiger partial charge in [0.05, 0.1) is 11.3 Å².